The van der Waals surface area contributed by atoms with Crippen molar-refractivity contribution in [2.45, 2.75) is 45.1 Å². The predicted octanol–water partition coefficient (Wildman–Crippen LogP) is 4.44. The second-order valence-corrected chi connectivity index (χ2v) is 7.25. The van der Waals surface area contributed by atoms with Gasteiger partial charge in [0.1, 0.15) is 0 Å². The van der Waals surface area contributed by atoms with E-state index in [2.05, 4.69) is 15.6 Å². The maximum atomic E-state index is 13.8. The summed E-state index contributed by atoms with van der Waals surface area (Å²) < 4.78 is 18.7. The topological polar surface area (TPSA) is 63.2 Å². The van der Waals surface area contributed by atoms with Gasteiger partial charge in [-0.2, -0.15) is 0 Å². The third kappa shape index (κ3) is 4.28. The Labute approximate surface area is 150 Å². The minimum absolute atomic E-state index is 0.185. The summed E-state index contributed by atoms with van der Waals surface area (Å²) in [5, 5.41) is 6.23. The van der Waals surface area contributed by atoms with Crippen molar-refractivity contribution in [1.82, 2.24) is 10.3 Å². The Balaban J connectivity index is 1.61. The second kappa shape index (κ2) is 7.82. The zero-order valence-electron chi connectivity index (χ0n) is 14.4. The number of hydrogen-bond acceptors (Lipinski definition) is 4. The SMILES string of the molecule is COc1ccc(C(C)NC(=O)Nc2nc3c(s2)CCCCC3)cc1F. The molecule has 0 saturated carbocycles. The molecule has 1 aliphatic carbocycles. The minimum Gasteiger partial charge on any atom is -0.494 e. The molecule has 1 aromatic heterocycles. The van der Waals surface area contributed by atoms with Crippen molar-refractivity contribution < 1.29 is 13.9 Å². The molecular formula is C18H22FN3O2S. The van der Waals surface area contributed by atoms with E-state index in [-0.39, 0.29) is 17.8 Å². The molecule has 7 heteroatoms. The summed E-state index contributed by atoms with van der Waals surface area (Å²) in [4.78, 5) is 18.0. The van der Waals surface area contributed by atoms with Crippen molar-refractivity contribution >= 4 is 22.5 Å². The number of nitrogens with zero attached hydrogens (tertiary/aromatic N) is 1. The lowest BCUT2D eigenvalue weighted by atomic mass is 10.1. The van der Waals surface area contributed by atoms with Crippen LogP contribution in [0.2, 0.25) is 0 Å². The number of thiazole rings is 1. The van der Waals surface area contributed by atoms with E-state index >= 15 is 0 Å². The number of halogens is 1. The van der Waals surface area contributed by atoms with Crippen LogP contribution >= 0.6 is 11.3 Å². The number of rotatable bonds is 4. The quantitative estimate of drug-likeness (QED) is 0.789. The molecule has 5 nitrogen and oxygen atoms in total. The van der Waals surface area contributed by atoms with E-state index < -0.39 is 5.82 Å². The van der Waals surface area contributed by atoms with Crippen LogP contribution in [0.3, 0.4) is 0 Å². The summed E-state index contributed by atoms with van der Waals surface area (Å²) in [5.74, 6) is -0.262. The molecule has 1 unspecified atom stereocenters. The first-order chi connectivity index (χ1) is 12.1. The third-order valence-corrected chi connectivity index (χ3v) is 5.41. The number of anilines is 1. The van der Waals surface area contributed by atoms with Crippen molar-refractivity contribution in [3.63, 3.8) is 0 Å². The Morgan fingerprint density at radius 1 is 1.32 bits per heavy atom. The molecule has 0 saturated heterocycles. The van der Waals surface area contributed by atoms with Crippen LogP contribution in [0.4, 0.5) is 14.3 Å². The highest BCUT2D eigenvalue weighted by atomic mass is 32.1. The number of amides is 2. The van der Waals surface area contributed by atoms with Gasteiger partial charge in [-0.3, -0.25) is 5.32 Å². The van der Waals surface area contributed by atoms with Crippen LogP contribution in [0.25, 0.3) is 0 Å². The summed E-state index contributed by atoms with van der Waals surface area (Å²) in [7, 11) is 1.42. The van der Waals surface area contributed by atoms with Gasteiger partial charge in [0.15, 0.2) is 16.7 Å². The van der Waals surface area contributed by atoms with Gasteiger partial charge in [-0.15, -0.1) is 11.3 Å². The normalized spacial score (nSPS) is 15.0. The van der Waals surface area contributed by atoms with Gasteiger partial charge in [0, 0.05) is 4.88 Å². The summed E-state index contributed by atoms with van der Waals surface area (Å²) >= 11 is 1.55. The molecule has 0 aliphatic heterocycles. The van der Waals surface area contributed by atoms with Crippen LogP contribution in [0.15, 0.2) is 18.2 Å². The molecule has 2 amide bonds. The standard InChI is InChI=1S/C18H22FN3O2S/c1-11(12-8-9-15(24-2)13(19)10-12)20-17(23)22-18-21-14-6-4-3-5-7-16(14)25-18/h8-11H,3-7H2,1-2H3,(H2,20,21,22,23). The zero-order chi connectivity index (χ0) is 17.8. The average Bonchev–Trinajstić information content (AvgIpc) is 2.82. The number of benzene rings is 1. The first kappa shape index (κ1) is 17.7. The van der Waals surface area contributed by atoms with E-state index in [0.717, 1.165) is 25.0 Å². The summed E-state index contributed by atoms with van der Waals surface area (Å²) in [6, 6.07) is 3.98. The second-order valence-electron chi connectivity index (χ2n) is 6.16. The van der Waals surface area contributed by atoms with Crippen molar-refractivity contribution in [3.8, 4) is 5.75 Å². The molecule has 1 atom stereocenters. The largest absolute Gasteiger partial charge is 0.494 e. The highest BCUT2D eigenvalue weighted by Gasteiger charge is 2.17. The first-order valence-electron chi connectivity index (χ1n) is 8.46. The van der Waals surface area contributed by atoms with E-state index in [9.17, 15) is 9.18 Å². The van der Waals surface area contributed by atoms with Gasteiger partial charge >= 0.3 is 6.03 Å². The van der Waals surface area contributed by atoms with Crippen molar-refractivity contribution in [2.24, 2.45) is 0 Å². The number of carbonyl (C=O) groups is 1. The van der Waals surface area contributed by atoms with Crippen LogP contribution < -0.4 is 15.4 Å². The summed E-state index contributed by atoms with van der Waals surface area (Å²) in [6.45, 7) is 1.80. The molecule has 0 bridgehead atoms. The van der Waals surface area contributed by atoms with E-state index in [1.807, 2.05) is 0 Å². The Morgan fingerprint density at radius 2 is 2.12 bits per heavy atom. The highest BCUT2D eigenvalue weighted by Crippen LogP contribution is 2.29. The smallest absolute Gasteiger partial charge is 0.321 e. The molecule has 0 spiro atoms. The Morgan fingerprint density at radius 3 is 2.88 bits per heavy atom. The molecule has 2 N–H and O–H groups in total. The molecule has 1 heterocycles. The van der Waals surface area contributed by atoms with E-state index in [0.29, 0.717) is 10.7 Å². The number of carbonyl (C=O) groups excluding carboxylic acids is 1. The number of urea groups is 1. The number of ether oxygens (including phenoxy) is 1. The fourth-order valence-electron chi connectivity index (χ4n) is 2.95. The van der Waals surface area contributed by atoms with Crippen molar-refractivity contribution in [1.29, 1.82) is 0 Å². The molecular weight excluding hydrogens is 341 g/mol. The lowest BCUT2D eigenvalue weighted by molar-refractivity contribution is 0.249. The predicted molar refractivity (Wildman–Crippen MR) is 96.9 cm³/mol. The maximum Gasteiger partial charge on any atom is 0.321 e. The Hall–Kier alpha value is -2.15. The van der Waals surface area contributed by atoms with Crippen molar-refractivity contribution in [2.75, 3.05) is 12.4 Å². The van der Waals surface area contributed by atoms with E-state index in [1.165, 1.54) is 30.9 Å². The monoisotopic (exact) mass is 363 g/mol. The number of fused-ring (bicyclic) bond motifs is 1. The van der Waals surface area contributed by atoms with Gasteiger partial charge in [-0.05, 0) is 50.3 Å². The molecule has 2 aromatic rings. The summed E-state index contributed by atoms with van der Waals surface area (Å²) in [5.41, 5.74) is 1.78. The number of aromatic nitrogens is 1. The van der Waals surface area contributed by atoms with Gasteiger partial charge in [-0.1, -0.05) is 12.5 Å². The van der Waals surface area contributed by atoms with Gasteiger partial charge in [-0.25, -0.2) is 14.2 Å². The minimum atomic E-state index is -0.447. The van der Waals surface area contributed by atoms with Gasteiger partial charge in [0.25, 0.3) is 0 Å². The molecule has 0 fully saturated rings. The van der Waals surface area contributed by atoms with Gasteiger partial charge in [0.2, 0.25) is 0 Å². The Kier molecular flexibility index (Phi) is 5.53. The van der Waals surface area contributed by atoms with Crippen LogP contribution in [-0.2, 0) is 12.8 Å². The average molecular weight is 363 g/mol. The number of methoxy groups -OCH3 is 1. The highest BCUT2D eigenvalue weighted by molar-refractivity contribution is 7.15. The molecule has 1 aliphatic rings. The molecule has 3 rings (SSSR count). The number of aryl methyl sites for hydroxylation is 2. The van der Waals surface area contributed by atoms with Crippen LogP contribution in [0, 0.1) is 5.82 Å². The molecule has 134 valence electrons. The van der Waals surface area contributed by atoms with Crippen LogP contribution in [0.1, 0.15) is 48.4 Å². The maximum absolute atomic E-state index is 13.8. The number of nitrogens with one attached hydrogen (secondary N) is 2. The third-order valence-electron chi connectivity index (χ3n) is 4.34. The summed E-state index contributed by atoms with van der Waals surface area (Å²) in [6.07, 6.45) is 5.60. The fourth-order valence-corrected chi connectivity index (χ4v) is 3.99. The lowest BCUT2D eigenvalue weighted by Crippen LogP contribution is -2.31. The van der Waals surface area contributed by atoms with Crippen LogP contribution in [-0.4, -0.2) is 18.1 Å². The van der Waals surface area contributed by atoms with Crippen molar-refractivity contribution in [3.05, 3.63) is 40.2 Å². The molecule has 0 radical (unpaired) electrons. The van der Waals surface area contributed by atoms with Gasteiger partial charge in [0.05, 0.1) is 18.8 Å². The zero-order valence-corrected chi connectivity index (χ0v) is 15.2. The number of hydrogen-bond donors (Lipinski definition) is 2. The molecule has 1 aromatic carbocycles. The molecule has 25 heavy (non-hydrogen) atoms. The fraction of sp³-hybridized carbons (Fsp3) is 0.444. The Bertz CT molecular complexity index is 739. The van der Waals surface area contributed by atoms with E-state index in [1.54, 1.807) is 30.4 Å². The van der Waals surface area contributed by atoms with E-state index in [4.69, 9.17) is 4.74 Å². The van der Waals surface area contributed by atoms with Crippen LogP contribution in [0.5, 0.6) is 5.75 Å². The lowest BCUT2D eigenvalue weighted by Gasteiger charge is -2.15. The van der Waals surface area contributed by atoms with Gasteiger partial charge < -0.3 is 10.1 Å². The first-order valence-corrected chi connectivity index (χ1v) is 9.28.